The molecule has 1 aromatic rings. The first-order valence-electron chi connectivity index (χ1n) is 7.16. The second kappa shape index (κ2) is 10.2. The van der Waals surface area contributed by atoms with Gasteiger partial charge >= 0.3 is 17.9 Å². The number of benzene rings is 1. The molecule has 0 saturated carbocycles. The van der Waals surface area contributed by atoms with Crippen LogP contribution in [0.25, 0.3) is 0 Å². The highest BCUT2D eigenvalue weighted by molar-refractivity contribution is 5.82. The van der Waals surface area contributed by atoms with E-state index < -0.39 is 23.9 Å². The van der Waals surface area contributed by atoms with Gasteiger partial charge in [-0.1, -0.05) is 12.1 Å². The number of carbonyl (C=O) groups excluding carboxylic acids is 3. The zero-order chi connectivity index (χ0) is 17.9. The van der Waals surface area contributed by atoms with Gasteiger partial charge in [0.05, 0.1) is 27.8 Å². The minimum Gasteiger partial charge on any atom is -0.482 e. The van der Waals surface area contributed by atoms with Gasteiger partial charge in [0, 0.05) is 6.54 Å². The highest BCUT2D eigenvalue weighted by Gasteiger charge is 2.22. The Balaban J connectivity index is 2.64. The minimum atomic E-state index is -0.818. The van der Waals surface area contributed by atoms with Crippen molar-refractivity contribution in [3.05, 3.63) is 29.8 Å². The van der Waals surface area contributed by atoms with E-state index >= 15 is 0 Å². The van der Waals surface area contributed by atoms with Crippen LogP contribution >= 0.6 is 0 Å². The third-order valence-corrected chi connectivity index (χ3v) is 3.12. The van der Waals surface area contributed by atoms with Crippen molar-refractivity contribution in [2.45, 2.75) is 19.0 Å². The van der Waals surface area contributed by atoms with E-state index in [9.17, 15) is 14.4 Å². The van der Waals surface area contributed by atoms with Crippen LogP contribution < -0.4 is 10.1 Å². The van der Waals surface area contributed by atoms with Gasteiger partial charge < -0.3 is 18.9 Å². The van der Waals surface area contributed by atoms with Crippen LogP contribution in [-0.4, -0.2) is 51.9 Å². The van der Waals surface area contributed by atoms with Crippen LogP contribution in [0.5, 0.6) is 5.75 Å². The van der Waals surface area contributed by atoms with Crippen LogP contribution in [0.4, 0.5) is 0 Å². The molecule has 0 bridgehead atoms. The first-order valence-corrected chi connectivity index (χ1v) is 7.16. The predicted molar refractivity (Wildman–Crippen MR) is 83.2 cm³/mol. The van der Waals surface area contributed by atoms with E-state index in [2.05, 4.69) is 19.5 Å². The van der Waals surface area contributed by atoms with Crippen molar-refractivity contribution in [2.75, 3.05) is 27.9 Å². The van der Waals surface area contributed by atoms with Crippen LogP contribution in [0.3, 0.4) is 0 Å². The quantitative estimate of drug-likeness (QED) is 0.511. The molecule has 1 N–H and O–H groups in total. The van der Waals surface area contributed by atoms with Crippen LogP contribution in [0.2, 0.25) is 0 Å². The highest BCUT2D eigenvalue weighted by atomic mass is 16.6. The van der Waals surface area contributed by atoms with Crippen molar-refractivity contribution in [1.82, 2.24) is 5.32 Å². The van der Waals surface area contributed by atoms with E-state index in [0.29, 0.717) is 12.3 Å². The minimum absolute atomic E-state index is 0.137. The number of carbonyl (C=O) groups is 3. The average molecular weight is 339 g/mol. The summed E-state index contributed by atoms with van der Waals surface area (Å²) >= 11 is 0. The van der Waals surface area contributed by atoms with E-state index in [1.165, 1.54) is 21.3 Å². The topological polar surface area (TPSA) is 100 Å². The van der Waals surface area contributed by atoms with Gasteiger partial charge in [0.1, 0.15) is 11.8 Å². The summed E-state index contributed by atoms with van der Waals surface area (Å²) in [5, 5.41) is 2.93. The molecule has 0 heterocycles. The number of nitrogens with one attached hydrogen (secondary N) is 1. The van der Waals surface area contributed by atoms with Crippen molar-refractivity contribution >= 4 is 17.9 Å². The number of methoxy groups -OCH3 is 3. The fourth-order valence-corrected chi connectivity index (χ4v) is 1.82. The number of hydrogen-bond acceptors (Lipinski definition) is 8. The fraction of sp³-hybridized carbons (Fsp3) is 0.438. The molecule has 8 heteroatoms. The van der Waals surface area contributed by atoms with Gasteiger partial charge in [0.15, 0.2) is 6.61 Å². The molecule has 132 valence electrons. The predicted octanol–water partition coefficient (Wildman–Crippen LogP) is 0.433. The van der Waals surface area contributed by atoms with Gasteiger partial charge in [0.25, 0.3) is 0 Å². The van der Waals surface area contributed by atoms with Crippen molar-refractivity contribution in [3.8, 4) is 5.75 Å². The fourth-order valence-electron chi connectivity index (χ4n) is 1.82. The molecule has 0 unspecified atom stereocenters. The van der Waals surface area contributed by atoms with Gasteiger partial charge in [-0.2, -0.15) is 0 Å². The summed E-state index contributed by atoms with van der Waals surface area (Å²) < 4.78 is 19.0. The molecule has 0 aliphatic heterocycles. The molecule has 0 radical (unpaired) electrons. The molecule has 0 spiro atoms. The van der Waals surface area contributed by atoms with Crippen LogP contribution in [-0.2, 0) is 35.1 Å². The summed E-state index contributed by atoms with van der Waals surface area (Å²) in [6.45, 7) is 0.104. The Morgan fingerprint density at radius 3 is 2.38 bits per heavy atom. The monoisotopic (exact) mass is 339 g/mol. The number of rotatable bonds is 9. The molecule has 0 aliphatic carbocycles. The highest BCUT2D eigenvalue weighted by Crippen LogP contribution is 2.13. The molecule has 0 saturated heterocycles. The number of ether oxygens (including phenoxy) is 4. The first kappa shape index (κ1) is 19.4. The van der Waals surface area contributed by atoms with Gasteiger partial charge in [-0.25, -0.2) is 4.79 Å². The molecule has 1 rings (SSSR count). The van der Waals surface area contributed by atoms with Crippen molar-refractivity contribution < 1.29 is 33.3 Å². The molecule has 1 aromatic carbocycles. The van der Waals surface area contributed by atoms with Gasteiger partial charge in [-0.15, -0.1) is 0 Å². The first-order chi connectivity index (χ1) is 11.5. The maximum absolute atomic E-state index is 11.7. The van der Waals surface area contributed by atoms with Crippen molar-refractivity contribution in [1.29, 1.82) is 0 Å². The van der Waals surface area contributed by atoms with E-state index in [1.54, 1.807) is 18.2 Å². The third kappa shape index (κ3) is 6.66. The van der Waals surface area contributed by atoms with Gasteiger partial charge in [-0.3, -0.25) is 14.9 Å². The zero-order valence-corrected chi connectivity index (χ0v) is 13.9. The smallest absolute Gasteiger partial charge is 0.343 e. The van der Waals surface area contributed by atoms with E-state index in [-0.39, 0.29) is 13.0 Å². The molecule has 0 fully saturated rings. The molecular weight excluding hydrogens is 318 g/mol. The van der Waals surface area contributed by atoms with Gasteiger partial charge in [-0.05, 0) is 17.7 Å². The van der Waals surface area contributed by atoms with E-state index in [1.807, 2.05) is 6.07 Å². The Hall–Kier alpha value is -2.61. The van der Waals surface area contributed by atoms with Crippen molar-refractivity contribution in [2.24, 2.45) is 0 Å². The second-order valence-corrected chi connectivity index (χ2v) is 4.75. The summed E-state index contributed by atoms with van der Waals surface area (Å²) in [5.41, 5.74) is 0.802. The Morgan fingerprint density at radius 1 is 1.04 bits per heavy atom. The average Bonchev–Trinajstić information content (AvgIpc) is 2.62. The Morgan fingerprint density at radius 2 is 1.75 bits per heavy atom. The molecular formula is C16H21NO7. The largest absolute Gasteiger partial charge is 0.482 e. The molecule has 0 aromatic heterocycles. The lowest BCUT2D eigenvalue weighted by Crippen LogP contribution is -2.39. The Kier molecular flexibility index (Phi) is 8.28. The van der Waals surface area contributed by atoms with E-state index in [0.717, 1.165) is 5.56 Å². The molecule has 1 atom stereocenters. The lowest BCUT2D eigenvalue weighted by molar-refractivity contribution is -0.149. The molecule has 8 nitrogen and oxygen atoms in total. The Labute approximate surface area is 140 Å². The normalized spacial score (nSPS) is 11.3. The molecule has 0 amide bonds. The van der Waals surface area contributed by atoms with Crippen LogP contribution in [0, 0.1) is 0 Å². The summed E-state index contributed by atoms with van der Waals surface area (Å²) in [6, 6.07) is 6.14. The van der Waals surface area contributed by atoms with E-state index in [4.69, 9.17) is 4.74 Å². The summed E-state index contributed by atoms with van der Waals surface area (Å²) in [4.78, 5) is 34.1. The zero-order valence-electron chi connectivity index (χ0n) is 13.9. The number of esters is 3. The van der Waals surface area contributed by atoms with Crippen LogP contribution in [0.1, 0.15) is 12.0 Å². The maximum atomic E-state index is 11.7. The second-order valence-electron chi connectivity index (χ2n) is 4.75. The molecule has 0 aliphatic rings. The summed E-state index contributed by atoms with van der Waals surface area (Å²) in [6.07, 6.45) is -0.137. The van der Waals surface area contributed by atoms with Crippen LogP contribution in [0.15, 0.2) is 24.3 Å². The molecule has 24 heavy (non-hydrogen) atoms. The lowest BCUT2D eigenvalue weighted by atomic mass is 10.1. The van der Waals surface area contributed by atoms with Gasteiger partial charge in [0.2, 0.25) is 0 Å². The summed E-state index contributed by atoms with van der Waals surface area (Å²) in [5.74, 6) is -1.07. The standard InChI is InChI=1S/C16H21NO7/c1-21-14(18)8-13(16(20)23-3)17-9-11-5-4-6-12(7-11)24-10-15(19)22-2/h4-7,13,17H,8-10H2,1-3H3/t13-/m0/s1. The SMILES string of the molecule is COC(=O)COc1cccc(CN[C@@H](CC(=O)OC)C(=O)OC)c1. The van der Waals surface area contributed by atoms with Crippen molar-refractivity contribution in [3.63, 3.8) is 0 Å². The Bertz CT molecular complexity index is 573. The number of hydrogen-bond donors (Lipinski definition) is 1. The third-order valence-electron chi connectivity index (χ3n) is 3.12. The lowest BCUT2D eigenvalue weighted by Gasteiger charge is -2.15. The maximum Gasteiger partial charge on any atom is 0.343 e. The summed E-state index contributed by atoms with van der Waals surface area (Å²) in [7, 11) is 3.77.